The molecule has 3 rings (SSSR count). The van der Waals surface area contributed by atoms with Gasteiger partial charge in [-0.15, -0.1) is 0 Å². The normalized spacial score (nSPS) is 15.5. The first-order chi connectivity index (χ1) is 12.3. The van der Waals surface area contributed by atoms with Crippen molar-refractivity contribution in [1.29, 1.82) is 0 Å². The average Bonchev–Trinajstić information content (AvgIpc) is 2.73. The molecule has 0 spiro atoms. The number of fused-ring (bicyclic) bond motifs is 1. The number of hydrazone groups is 1. The Morgan fingerprint density at radius 3 is 2.69 bits per heavy atom. The first-order valence-corrected chi connectivity index (χ1v) is 8.37. The summed E-state index contributed by atoms with van der Waals surface area (Å²) < 4.78 is 11.6. The van der Waals surface area contributed by atoms with Gasteiger partial charge in [0.1, 0.15) is 5.82 Å². The second-order valence-electron chi connectivity index (χ2n) is 7.06. The summed E-state index contributed by atoms with van der Waals surface area (Å²) in [5.41, 5.74) is 4.25. The van der Waals surface area contributed by atoms with Crippen molar-refractivity contribution in [2.75, 3.05) is 13.2 Å². The summed E-state index contributed by atoms with van der Waals surface area (Å²) in [5, 5.41) is 4.01. The average molecular weight is 354 g/mol. The van der Waals surface area contributed by atoms with Crippen LogP contribution in [0.15, 0.2) is 29.5 Å². The third kappa shape index (κ3) is 4.17. The van der Waals surface area contributed by atoms with Crippen molar-refractivity contribution in [3.05, 3.63) is 47.0 Å². The van der Waals surface area contributed by atoms with Crippen molar-refractivity contribution in [1.82, 2.24) is 15.4 Å². The summed E-state index contributed by atoms with van der Waals surface area (Å²) in [5.74, 6) is 1.66. The molecule has 1 aliphatic rings. The number of carbonyl (C=O) groups excluding carboxylic acids is 1. The molecule has 26 heavy (non-hydrogen) atoms. The van der Waals surface area contributed by atoms with E-state index in [9.17, 15) is 4.79 Å². The van der Waals surface area contributed by atoms with Crippen molar-refractivity contribution in [2.45, 2.75) is 27.7 Å². The standard InChI is InChI=1S/C19H22N4O3/c1-12-15(9-20-13(2)22-12)18(24)23-21-8-14-5-6-16-17(7-14)26-11-19(3,4)10-25-16/h5-9H,10-11H2,1-4H3,(H,23,24)/b21-8+. The van der Waals surface area contributed by atoms with Gasteiger partial charge in [-0.3, -0.25) is 4.79 Å². The highest BCUT2D eigenvalue weighted by molar-refractivity contribution is 5.95. The first kappa shape index (κ1) is 17.8. The van der Waals surface area contributed by atoms with Gasteiger partial charge in [0.15, 0.2) is 11.5 Å². The molecule has 7 heteroatoms. The highest BCUT2D eigenvalue weighted by Crippen LogP contribution is 2.33. The molecule has 0 fully saturated rings. The number of aromatic nitrogens is 2. The zero-order valence-corrected chi connectivity index (χ0v) is 15.4. The van der Waals surface area contributed by atoms with Gasteiger partial charge >= 0.3 is 0 Å². The van der Waals surface area contributed by atoms with Crippen LogP contribution in [0.5, 0.6) is 11.5 Å². The molecular formula is C19H22N4O3. The van der Waals surface area contributed by atoms with Crippen LogP contribution in [0.1, 0.15) is 41.3 Å². The van der Waals surface area contributed by atoms with E-state index in [0.717, 1.165) is 5.56 Å². The fourth-order valence-corrected chi connectivity index (χ4v) is 2.46. The van der Waals surface area contributed by atoms with Gasteiger partial charge in [-0.1, -0.05) is 13.8 Å². The van der Waals surface area contributed by atoms with Gasteiger partial charge in [0.05, 0.1) is 30.7 Å². The molecule has 0 radical (unpaired) electrons. The van der Waals surface area contributed by atoms with Crippen LogP contribution in [0.2, 0.25) is 0 Å². The second kappa shape index (κ2) is 7.11. The molecule has 1 aromatic heterocycles. The minimum atomic E-state index is -0.352. The molecule has 1 amide bonds. The number of carbonyl (C=O) groups is 1. The van der Waals surface area contributed by atoms with E-state index in [2.05, 4.69) is 34.3 Å². The third-order valence-corrected chi connectivity index (χ3v) is 3.93. The van der Waals surface area contributed by atoms with Gasteiger partial charge < -0.3 is 9.47 Å². The fraction of sp³-hybridized carbons (Fsp3) is 0.368. The topological polar surface area (TPSA) is 85.7 Å². The number of aryl methyl sites for hydroxylation is 2. The van der Waals surface area contributed by atoms with E-state index in [1.807, 2.05) is 18.2 Å². The lowest BCUT2D eigenvalue weighted by Gasteiger charge is -2.19. The number of rotatable bonds is 3. The lowest BCUT2D eigenvalue weighted by atomic mass is 9.97. The van der Waals surface area contributed by atoms with Crippen LogP contribution in [-0.2, 0) is 0 Å². The van der Waals surface area contributed by atoms with E-state index >= 15 is 0 Å². The van der Waals surface area contributed by atoms with Crippen LogP contribution in [0.25, 0.3) is 0 Å². The van der Waals surface area contributed by atoms with Gasteiger partial charge in [-0.05, 0) is 37.6 Å². The van der Waals surface area contributed by atoms with E-state index in [1.165, 1.54) is 6.20 Å². The lowest BCUT2D eigenvalue weighted by molar-refractivity contribution is 0.0953. The maximum atomic E-state index is 12.2. The molecule has 0 saturated carbocycles. The Labute approximate surface area is 152 Å². The Kier molecular flexibility index (Phi) is 4.88. The summed E-state index contributed by atoms with van der Waals surface area (Å²) in [6.45, 7) is 8.89. The summed E-state index contributed by atoms with van der Waals surface area (Å²) in [7, 11) is 0. The molecule has 2 heterocycles. The summed E-state index contributed by atoms with van der Waals surface area (Å²) in [6.07, 6.45) is 3.06. The van der Waals surface area contributed by atoms with Gasteiger partial charge in [0.2, 0.25) is 0 Å². The highest BCUT2D eigenvalue weighted by atomic mass is 16.5. The lowest BCUT2D eigenvalue weighted by Crippen LogP contribution is -2.26. The summed E-state index contributed by atoms with van der Waals surface area (Å²) in [4.78, 5) is 20.4. The van der Waals surface area contributed by atoms with E-state index < -0.39 is 0 Å². The minimum Gasteiger partial charge on any atom is -0.489 e. The van der Waals surface area contributed by atoms with E-state index in [1.54, 1.807) is 20.1 Å². The van der Waals surface area contributed by atoms with Gasteiger partial charge in [0, 0.05) is 11.6 Å². The van der Waals surface area contributed by atoms with E-state index in [4.69, 9.17) is 9.47 Å². The smallest absolute Gasteiger partial charge is 0.274 e. The summed E-state index contributed by atoms with van der Waals surface area (Å²) in [6, 6.07) is 5.54. The first-order valence-electron chi connectivity index (χ1n) is 8.37. The van der Waals surface area contributed by atoms with Gasteiger partial charge in [-0.25, -0.2) is 15.4 Å². The van der Waals surface area contributed by atoms with Crippen molar-refractivity contribution in [2.24, 2.45) is 10.5 Å². The van der Waals surface area contributed by atoms with E-state index in [-0.39, 0.29) is 11.3 Å². The Hall–Kier alpha value is -2.96. The van der Waals surface area contributed by atoms with Gasteiger partial charge in [0.25, 0.3) is 5.91 Å². The maximum Gasteiger partial charge on any atom is 0.274 e. The van der Waals surface area contributed by atoms with Crippen molar-refractivity contribution < 1.29 is 14.3 Å². The molecule has 0 saturated heterocycles. The number of nitrogens with one attached hydrogen (secondary N) is 1. The summed E-state index contributed by atoms with van der Waals surface area (Å²) >= 11 is 0. The van der Waals surface area contributed by atoms with Crippen LogP contribution in [0.4, 0.5) is 0 Å². The number of hydrogen-bond donors (Lipinski definition) is 1. The highest BCUT2D eigenvalue weighted by Gasteiger charge is 2.25. The zero-order chi connectivity index (χ0) is 18.7. The molecule has 7 nitrogen and oxygen atoms in total. The minimum absolute atomic E-state index is 0.0464. The Morgan fingerprint density at radius 1 is 1.23 bits per heavy atom. The van der Waals surface area contributed by atoms with Crippen LogP contribution >= 0.6 is 0 Å². The van der Waals surface area contributed by atoms with Crippen molar-refractivity contribution >= 4 is 12.1 Å². The molecular weight excluding hydrogens is 332 g/mol. The predicted molar refractivity (Wildman–Crippen MR) is 97.8 cm³/mol. The second-order valence-corrected chi connectivity index (χ2v) is 7.06. The van der Waals surface area contributed by atoms with Crippen LogP contribution < -0.4 is 14.9 Å². The molecule has 1 N–H and O–H groups in total. The van der Waals surface area contributed by atoms with Crippen LogP contribution in [0.3, 0.4) is 0 Å². The molecule has 0 atom stereocenters. The molecule has 1 aromatic carbocycles. The van der Waals surface area contributed by atoms with E-state index in [0.29, 0.717) is 41.8 Å². The monoisotopic (exact) mass is 354 g/mol. The van der Waals surface area contributed by atoms with Crippen molar-refractivity contribution in [3.63, 3.8) is 0 Å². The maximum absolute atomic E-state index is 12.2. The molecule has 2 aromatic rings. The molecule has 0 bridgehead atoms. The van der Waals surface area contributed by atoms with Crippen molar-refractivity contribution in [3.8, 4) is 11.5 Å². The number of nitrogens with zero attached hydrogens (tertiary/aromatic N) is 3. The fourth-order valence-electron chi connectivity index (χ4n) is 2.46. The van der Waals surface area contributed by atoms with Crippen LogP contribution in [-0.4, -0.2) is 35.3 Å². The van der Waals surface area contributed by atoms with Gasteiger partial charge in [-0.2, -0.15) is 5.10 Å². The predicted octanol–water partition coefficient (Wildman–Crippen LogP) is 2.65. The largest absolute Gasteiger partial charge is 0.489 e. The van der Waals surface area contributed by atoms with Crippen LogP contribution in [0, 0.1) is 19.3 Å². The number of hydrogen-bond acceptors (Lipinski definition) is 6. The molecule has 0 unspecified atom stereocenters. The Balaban J connectivity index is 1.68. The quantitative estimate of drug-likeness (QED) is 0.676. The SMILES string of the molecule is Cc1ncc(C(=O)N/N=C/c2ccc3c(c2)OCC(C)(C)CO3)c(C)n1. The zero-order valence-electron chi connectivity index (χ0n) is 15.4. The molecule has 1 aliphatic heterocycles. The Morgan fingerprint density at radius 2 is 1.96 bits per heavy atom. The molecule has 0 aliphatic carbocycles. The number of ether oxygens (including phenoxy) is 2. The number of benzene rings is 1. The molecule has 136 valence electrons. The number of amides is 1. The Bertz CT molecular complexity index is 862. The third-order valence-electron chi connectivity index (χ3n) is 3.93.